The zero-order chi connectivity index (χ0) is 17.1. The number of carbonyl (C=O) groups is 2. The Kier molecular flexibility index (Phi) is 4.59. The van der Waals surface area contributed by atoms with Gasteiger partial charge in [-0.1, -0.05) is 0 Å². The number of amides is 2. The van der Waals surface area contributed by atoms with Gasteiger partial charge in [0.2, 0.25) is 5.91 Å². The summed E-state index contributed by atoms with van der Waals surface area (Å²) in [7, 11) is 0. The summed E-state index contributed by atoms with van der Waals surface area (Å²) < 4.78 is 14.5. The van der Waals surface area contributed by atoms with Crippen LogP contribution in [0.3, 0.4) is 0 Å². The van der Waals surface area contributed by atoms with Crippen molar-refractivity contribution >= 4 is 11.8 Å². The third-order valence-corrected chi connectivity index (χ3v) is 4.19. The van der Waals surface area contributed by atoms with Gasteiger partial charge in [-0.2, -0.15) is 5.10 Å². The summed E-state index contributed by atoms with van der Waals surface area (Å²) in [6, 6.07) is 7.56. The molecule has 2 heterocycles. The monoisotopic (exact) mass is 330 g/mol. The lowest BCUT2D eigenvalue weighted by molar-refractivity contribution is -0.129. The maximum atomic E-state index is 13.0. The molecule has 0 bridgehead atoms. The quantitative estimate of drug-likeness (QED) is 0.932. The van der Waals surface area contributed by atoms with Crippen molar-refractivity contribution in [1.82, 2.24) is 20.0 Å². The molecule has 1 N–H and O–H groups in total. The molecular weight excluding hydrogens is 311 g/mol. The van der Waals surface area contributed by atoms with Crippen molar-refractivity contribution in [3.8, 4) is 5.69 Å². The van der Waals surface area contributed by atoms with Crippen molar-refractivity contribution in [3.05, 3.63) is 48.0 Å². The molecule has 24 heavy (non-hydrogen) atoms. The van der Waals surface area contributed by atoms with Crippen LogP contribution in [0.25, 0.3) is 5.69 Å². The number of aromatic nitrogens is 2. The van der Waals surface area contributed by atoms with E-state index in [0.717, 1.165) is 12.8 Å². The van der Waals surface area contributed by atoms with Gasteiger partial charge in [0.05, 0.1) is 5.69 Å². The highest BCUT2D eigenvalue weighted by molar-refractivity contribution is 5.92. The van der Waals surface area contributed by atoms with Crippen molar-refractivity contribution < 1.29 is 14.0 Å². The number of hydrogen-bond acceptors (Lipinski definition) is 3. The van der Waals surface area contributed by atoms with Crippen LogP contribution in [0.5, 0.6) is 0 Å². The van der Waals surface area contributed by atoms with E-state index < -0.39 is 0 Å². The first-order chi connectivity index (χ1) is 11.5. The van der Waals surface area contributed by atoms with E-state index in [1.165, 1.54) is 16.8 Å². The van der Waals surface area contributed by atoms with E-state index in [-0.39, 0.29) is 23.7 Å². The Labute approximate surface area is 139 Å². The fourth-order valence-corrected chi connectivity index (χ4v) is 2.78. The summed E-state index contributed by atoms with van der Waals surface area (Å²) in [5, 5.41) is 7.19. The van der Waals surface area contributed by atoms with Crippen molar-refractivity contribution in [1.29, 1.82) is 0 Å². The van der Waals surface area contributed by atoms with Crippen LogP contribution in [-0.4, -0.2) is 45.6 Å². The van der Waals surface area contributed by atoms with Crippen LogP contribution in [0.2, 0.25) is 0 Å². The molecule has 0 unspecified atom stereocenters. The summed E-state index contributed by atoms with van der Waals surface area (Å²) in [5.74, 6) is -0.490. The summed E-state index contributed by atoms with van der Waals surface area (Å²) in [6.45, 7) is 2.87. The van der Waals surface area contributed by atoms with Gasteiger partial charge in [-0.15, -0.1) is 0 Å². The molecule has 1 fully saturated rings. The second-order valence-electron chi connectivity index (χ2n) is 5.88. The first kappa shape index (κ1) is 16.2. The van der Waals surface area contributed by atoms with Gasteiger partial charge in [0.1, 0.15) is 5.82 Å². The van der Waals surface area contributed by atoms with Crippen LogP contribution in [0.15, 0.2) is 36.5 Å². The maximum absolute atomic E-state index is 13.0. The van der Waals surface area contributed by atoms with E-state index in [0.29, 0.717) is 24.5 Å². The highest BCUT2D eigenvalue weighted by Gasteiger charge is 2.23. The van der Waals surface area contributed by atoms with Crippen LogP contribution in [0.4, 0.5) is 4.39 Å². The highest BCUT2D eigenvalue weighted by Crippen LogP contribution is 2.12. The molecule has 6 nitrogen and oxygen atoms in total. The van der Waals surface area contributed by atoms with E-state index >= 15 is 0 Å². The number of piperidine rings is 1. The zero-order valence-electron chi connectivity index (χ0n) is 13.4. The van der Waals surface area contributed by atoms with Crippen LogP contribution >= 0.6 is 0 Å². The van der Waals surface area contributed by atoms with Crippen LogP contribution in [0, 0.1) is 5.82 Å². The number of halogens is 1. The second kappa shape index (κ2) is 6.82. The van der Waals surface area contributed by atoms with Gasteiger partial charge in [-0.25, -0.2) is 9.07 Å². The predicted octanol–water partition coefficient (Wildman–Crippen LogP) is 1.75. The topological polar surface area (TPSA) is 67.2 Å². The van der Waals surface area contributed by atoms with Crippen LogP contribution in [-0.2, 0) is 4.79 Å². The Hall–Kier alpha value is -2.70. The highest BCUT2D eigenvalue weighted by atomic mass is 19.1. The third-order valence-electron chi connectivity index (χ3n) is 4.19. The summed E-state index contributed by atoms with van der Waals surface area (Å²) in [4.78, 5) is 25.4. The molecule has 1 aliphatic rings. The molecule has 126 valence electrons. The Balaban J connectivity index is 1.60. The average molecular weight is 330 g/mol. The molecule has 0 saturated carbocycles. The number of nitrogens with one attached hydrogen (secondary N) is 1. The van der Waals surface area contributed by atoms with Gasteiger partial charge in [-0.3, -0.25) is 9.59 Å². The Morgan fingerprint density at radius 2 is 1.83 bits per heavy atom. The average Bonchev–Trinajstić information content (AvgIpc) is 3.06. The molecule has 0 radical (unpaired) electrons. The molecule has 1 aromatic heterocycles. The molecular formula is C17H19FN4O2. The van der Waals surface area contributed by atoms with E-state index in [2.05, 4.69) is 10.4 Å². The largest absolute Gasteiger partial charge is 0.348 e. The number of carbonyl (C=O) groups excluding carboxylic acids is 2. The minimum Gasteiger partial charge on any atom is -0.348 e. The Morgan fingerprint density at radius 3 is 2.46 bits per heavy atom. The van der Waals surface area contributed by atoms with Crippen LogP contribution < -0.4 is 5.32 Å². The lowest BCUT2D eigenvalue weighted by atomic mass is 10.0. The Morgan fingerprint density at radius 1 is 1.17 bits per heavy atom. The molecule has 1 aromatic carbocycles. The van der Waals surface area contributed by atoms with Crippen molar-refractivity contribution in [2.45, 2.75) is 25.8 Å². The zero-order valence-corrected chi connectivity index (χ0v) is 13.4. The first-order valence-corrected chi connectivity index (χ1v) is 7.91. The number of hydrogen-bond donors (Lipinski definition) is 1. The van der Waals surface area contributed by atoms with Gasteiger partial charge in [0, 0.05) is 32.3 Å². The molecule has 0 atom stereocenters. The molecule has 7 heteroatoms. The van der Waals surface area contributed by atoms with Gasteiger partial charge >= 0.3 is 0 Å². The maximum Gasteiger partial charge on any atom is 0.272 e. The van der Waals surface area contributed by atoms with E-state index in [4.69, 9.17) is 0 Å². The van der Waals surface area contributed by atoms with Crippen molar-refractivity contribution in [2.75, 3.05) is 13.1 Å². The first-order valence-electron chi connectivity index (χ1n) is 7.91. The van der Waals surface area contributed by atoms with Crippen LogP contribution in [0.1, 0.15) is 30.3 Å². The molecule has 2 aromatic rings. The summed E-state index contributed by atoms with van der Waals surface area (Å²) >= 11 is 0. The number of likely N-dealkylation sites (tertiary alicyclic amines) is 1. The molecule has 1 aliphatic heterocycles. The van der Waals surface area contributed by atoms with Crippen molar-refractivity contribution in [2.24, 2.45) is 0 Å². The predicted molar refractivity (Wildman–Crippen MR) is 86.3 cm³/mol. The Bertz CT molecular complexity index is 733. The van der Waals surface area contributed by atoms with E-state index in [9.17, 15) is 14.0 Å². The van der Waals surface area contributed by atoms with Crippen molar-refractivity contribution in [3.63, 3.8) is 0 Å². The number of nitrogens with zero attached hydrogens (tertiary/aromatic N) is 3. The van der Waals surface area contributed by atoms with Gasteiger partial charge in [0.15, 0.2) is 5.69 Å². The third kappa shape index (κ3) is 3.61. The lowest BCUT2D eigenvalue weighted by Crippen LogP contribution is -2.46. The summed E-state index contributed by atoms with van der Waals surface area (Å²) in [6.07, 6.45) is 3.15. The van der Waals surface area contributed by atoms with Gasteiger partial charge in [0.25, 0.3) is 5.91 Å². The smallest absolute Gasteiger partial charge is 0.272 e. The molecule has 0 aliphatic carbocycles. The SMILES string of the molecule is CC(=O)N1CCC(NC(=O)c2ccn(-c3ccc(F)cc3)n2)CC1. The standard InChI is InChI=1S/C17H19FN4O2/c1-12(23)21-9-6-14(7-10-21)19-17(24)16-8-11-22(20-16)15-4-2-13(18)3-5-15/h2-5,8,11,14H,6-7,9-10H2,1H3,(H,19,24). The normalized spacial score (nSPS) is 15.3. The minimum absolute atomic E-state index is 0.0454. The lowest BCUT2D eigenvalue weighted by Gasteiger charge is -2.31. The molecule has 0 spiro atoms. The number of benzene rings is 1. The molecule has 1 saturated heterocycles. The van der Waals surface area contributed by atoms with E-state index in [1.54, 1.807) is 36.2 Å². The minimum atomic E-state index is -0.319. The fraction of sp³-hybridized carbons (Fsp3) is 0.353. The fourth-order valence-electron chi connectivity index (χ4n) is 2.78. The summed E-state index contributed by atoms with van der Waals surface area (Å²) in [5.41, 5.74) is 0.999. The van der Waals surface area contributed by atoms with Gasteiger partial charge < -0.3 is 10.2 Å². The molecule has 2 amide bonds. The number of rotatable bonds is 3. The second-order valence-corrected chi connectivity index (χ2v) is 5.88. The molecule has 3 rings (SSSR count). The van der Waals surface area contributed by atoms with E-state index in [1.807, 2.05) is 0 Å². The van der Waals surface area contributed by atoms with Gasteiger partial charge in [-0.05, 0) is 43.2 Å².